The Hall–Kier alpha value is -3.16. The highest BCUT2D eigenvalue weighted by Gasteiger charge is 2.15. The van der Waals surface area contributed by atoms with Gasteiger partial charge < -0.3 is 10.1 Å². The Balaban J connectivity index is 1.62. The lowest BCUT2D eigenvalue weighted by Crippen LogP contribution is -2.30. The summed E-state index contributed by atoms with van der Waals surface area (Å²) in [6.07, 6.45) is 0. The monoisotopic (exact) mass is 424 g/mol. The standard InChI is InChI=1S/C23H24N2O4S/c1-17(2)25-30(27,28)20-14-12-19(13-15-20)24-23(26)16-29-22-11-7-6-10-21(22)18-8-4-3-5-9-18/h3-15,17,25H,16H2,1-2H3,(H,24,26). The number of nitrogens with one attached hydrogen (secondary N) is 2. The van der Waals surface area contributed by atoms with Gasteiger partial charge in [0.25, 0.3) is 5.91 Å². The molecule has 2 N–H and O–H groups in total. The van der Waals surface area contributed by atoms with E-state index in [1.54, 1.807) is 26.0 Å². The molecule has 7 heteroatoms. The minimum absolute atomic E-state index is 0.141. The molecular weight excluding hydrogens is 400 g/mol. The van der Waals surface area contributed by atoms with Gasteiger partial charge in [-0.2, -0.15) is 0 Å². The van der Waals surface area contributed by atoms with Crippen LogP contribution in [0, 0.1) is 0 Å². The third-order valence-corrected chi connectivity index (χ3v) is 5.84. The van der Waals surface area contributed by atoms with E-state index in [4.69, 9.17) is 4.74 Å². The molecule has 0 aliphatic rings. The maximum Gasteiger partial charge on any atom is 0.262 e. The smallest absolute Gasteiger partial charge is 0.262 e. The van der Waals surface area contributed by atoms with Crippen LogP contribution < -0.4 is 14.8 Å². The molecule has 30 heavy (non-hydrogen) atoms. The van der Waals surface area contributed by atoms with Crippen molar-refractivity contribution in [2.75, 3.05) is 11.9 Å². The second kappa shape index (κ2) is 9.56. The molecule has 0 saturated heterocycles. The number of carbonyl (C=O) groups is 1. The van der Waals surface area contributed by atoms with E-state index in [0.29, 0.717) is 11.4 Å². The Kier molecular flexibility index (Phi) is 6.87. The van der Waals surface area contributed by atoms with Crippen molar-refractivity contribution in [2.45, 2.75) is 24.8 Å². The van der Waals surface area contributed by atoms with E-state index in [9.17, 15) is 13.2 Å². The molecule has 0 heterocycles. The van der Waals surface area contributed by atoms with Crippen LogP contribution in [0.25, 0.3) is 11.1 Å². The van der Waals surface area contributed by atoms with Gasteiger partial charge in [-0.3, -0.25) is 4.79 Å². The highest BCUT2D eigenvalue weighted by atomic mass is 32.2. The molecule has 0 fully saturated rings. The zero-order chi connectivity index (χ0) is 21.6. The maximum atomic E-state index is 12.3. The van der Waals surface area contributed by atoms with Crippen LogP contribution >= 0.6 is 0 Å². The van der Waals surface area contributed by atoms with E-state index >= 15 is 0 Å². The lowest BCUT2D eigenvalue weighted by Gasteiger charge is -2.12. The fraction of sp³-hybridized carbons (Fsp3) is 0.174. The first kappa shape index (κ1) is 21.5. The summed E-state index contributed by atoms with van der Waals surface area (Å²) < 4.78 is 32.6. The zero-order valence-electron chi connectivity index (χ0n) is 16.8. The third-order valence-electron chi connectivity index (χ3n) is 4.17. The summed E-state index contributed by atoms with van der Waals surface area (Å²) >= 11 is 0. The fourth-order valence-corrected chi connectivity index (χ4v) is 4.14. The van der Waals surface area contributed by atoms with Gasteiger partial charge in [-0.05, 0) is 49.7 Å². The van der Waals surface area contributed by atoms with E-state index in [1.807, 2.05) is 54.6 Å². The van der Waals surface area contributed by atoms with Gasteiger partial charge in [-0.25, -0.2) is 13.1 Å². The van der Waals surface area contributed by atoms with Crippen LogP contribution in [-0.2, 0) is 14.8 Å². The molecule has 156 valence electrons. The topological polar surface area (TPSA) is 84.5 Å². The van der Waals surface area contributed by atoms with Crippen LogP contribution in [0.5, 0.6) is 5.75 Å². The largest absolute Gasteiger partial charge is 0.483 e. The second-order valence-electron chi connectivity index (χ2n) is 7.00. The van der Waals surface area contributed by atoms with Crippen molar-refractivity contribution >= 4 is 21.6 Å². The molecule has 0 aromatic heterocycles. The Labute approximate surface area is 177 Å². The Morgan fingerprint density at radius 1 is 0.900 bits per heavy atom. The second-order valence-corrected chi connectivity index (χ2v) is 8.71. The molecule has 0 bridgehead atoms. The average molecular weight is 425 g/mol. The lowest BCUT2D eigenvalue weighted by molar-refractivity contribution is -0.118. The zero-order valence-corrected chi connectivity index (χ0v) is 17.6. The van der Waals surface area contributed by atoms with E-state index in [0.717, 1.165) is 11.1 Å². The number of rotatable bonds is 8. The Bertz CT molecular complexity index is 1100. The molecule has 0 unspecified atom stereocenters. The quantitative estimate of drug-likeness (QED) is 0.571. The van der Waals surface area contributed by atoms with Crippen LogP contribution in [0.3, 0.4) is 0 Å². The van der Waals surface area contributed by atoms with E-state index < -0.39 is 10.0 Å². The van der Waals surface area contributed by atoms with Crippen molar-refractivity contribution in [3.63, 3.8) is 0 Å². The molecule has 1 amide bonds. The van der Waals surface area contributed by atoms with Crippen LogP contribution in [0.15, 0.2) is 83.8 Å². The molecule has 0 spiro atoms. The Morgan fingerprint density at radius 3 is 2.20 bits per heavy atom. The number of para-hydroxylation sites is 1. The van der Waals surface area contributed by atoms with Gasteiger partial charge >= 0.3 is 0 Å². The number of anilines is 1. The number of hydrogen-bond donors (Lipinski definition) is 2. The number of sulfonamides is 1. The normalized spacial score (nSPS) is 11.3. The highest BCUT2D eigenvalue weighted by Crippen LogP contribution is 2.29. The average Bonchev–Trinajstić information content (AvgIpc) is 2.72. The maximum absolute atomic E-state index is 12.3. The summed E-state index contributed by atoms with van der Waals surface area (Å²) in [6, 6.07) is 23.1. The first-order chi connectivity index (χ1) is 14.3. The van der Waals surface area contributed by atoms with Crippen LogP contribution in [0.4, 0.5) is 5.69 Å². The molecule has 6 nitrogen and oxygen atoms in total. The first-order valence-corrected chi connectivity index (χ1v) is 11.0. The van der Waals surface area contributed by atoms with Gasteiger partial charge in [0.1, 0.15) is 5.75 Å². The minimum Gasteiger partial charge on any atom is -0.483 e. The molecule has 0 atom stereocenters. The highest BCUT2D eigenvalue weighted by molar-refractivity contribution is 7.89. The van der Waals surface area contributed by atoms with Gasteiger partial charge in [-0.1, -0.05) is 48.5 Å². The lowest BCUT2D eigenvalue weighted by atomic mass is 10.1. The van der Waals surface area contributed by atoms with Crippen LogP contribution in [0.2, 0.25) is 0 Å². The number of amides is 1. The number of benzene rings is 3. The first-order valence-electron chi connectivity index (χ1n) is 9.54. The number of carbonyl (C=O) groups excluding carboxylic acids is 1. The van der Waals surface area contributed by atoms with Crippen LogP contribution in [-0.4, -0.2) is 27.0 Å². The summed E-state index contributed by atoms with van der Waals surface area (Å²) in [5, 5.41) is 2.71. The minimum atomic E-state index is -3.57. The molecule has 3 aromatic carbocycles. The van der Waals surface area contributed by atoms with Gasteiger partial charge in [0, 0.05) is 17.3 Å². The summed E-state index contributed by atoms with van der Waals surface area (Å²) in [7, 11) is -3.57. The van der Waals surface area contributed by atoms with Crippen molar-refractivity contribution in [1.29, 1.82) is 0 Å². The number of hydrogen-bond acceptors (Lipinski definition) is 4. The summed E-state index contributed by atoms with van der Waals surface area (Å²) in [5.74, 6) is 0.272. The third kappa shape index (κ3) is 5.68. The van der Waals surface area contributed by atoms with Crippen molar-refractivity contribution in [3.8, 4) is 16.9 Å². The molecule has 0 aliphatic heterocycles. The van der Waals surface area contributed by atoms with E-state index in [-0.39, 0.29) is 23.5 Å². The fourth-order valence-electron chi connectivity index (χ4n) is 2.88. The summed E-state index contributed by atoms with van der Waals surface area (Å²) in [4.78, 5) is 12.4. The van der Waals surface area contributed by atoms with Gasteiger partial charge in [0.2, 0.25) is 10.0 Å². The summed E-state index contributed by atoms with van der Waals surface area (Å²) in [6.45, 7) is 3.34. The Morgan fingerprint density at radius 2 is 1.53 bits per heavy atom. The molecule has 3 aromatic rings. The molecule has 3 rings (SSSR count). The van der Waals surface area contributed by atoms with Crippen molar-refractivity contribution in [1.82, 2.24) is 4.72 Å². The number of ether oxygens (including phenoxy) is 1. The van der Waals surface area contributed by atoms with Gasteiger partial charge in [0.05, 0.1) is 4.90 Å². The van der Waals surface area contributed by atoms with Gasteiger partial charge in [0.15, 0.2) is 6.61 Å². The molecular formula is C23H24N2O4S. The van der Waals surface area contributed by atoms with Crippen LogP contribution in [0.1, 0.15) is 13.8 Å². The predicted molar refractivity (Wildman–Crippen MR) is 118 cm³/mol. The van der Waals surface area contributed by atoms with Crippen molar-refractivity contribution in [3.05, 3.63) is 78.9 Å². The van der Waals surface area contributed by atoms with E-state index in [2.05, 4.69) is 10.0 Å². The summed E-state index contributed by atoms with van der Waals surface area (Å²) in [5.41, 5.74) is 2.39. The molecule has 0 saturated carbocycles. The SMILES string of the molecule is CC(C)NS(=O)(=O)c1ccc(NC(=O)COc2ccccc2-c2ccccc2)cc1. The van der Waals surface area contributed by atoms with E-state index in [1.165, 1.54) is 12.1 Å². The van der Waals surface area contributed by atoms with Gasteiger partial charge in [-0.15, -0.1) is 0 Å². The predicted octanol–water partition coefficient (Wildman–Crippen LogP) is 4.06. The molecule has 0 aliphatic carbocycles. The molecule has 0 radical (unpaired) electrons. The van der Waals surface area contributed by atoms with Crippen molar-refractivity contribution < 1.29 is 17.9 Å². The van der Waals surface area contributed by atoms with Crippen molar-refractivity contribution in [2.24, 2.45) is 0 Å².